The summed E-state index contributed by atoms with van der Waals surface area (Å²) in [4.78, 5) is 4.44. The summed E-state index contributed by atoms with van der Waals surface area (Å²) in [6.45, 7) is 3.43. The summed E-state index contributed by atoms with van der Waals surface area (Å²) in [5.41, 5.74) is 2.75. The maximum atomic E-state index is 11.8. The van der Waals surface area contributed by atoms with E-state index in [0.29, 0.717) is 16.2 Å². The lowest BCUT2D eigenvalue weighted by molar-refractivity contribution is 0.487. The molecule has 0 aliphatic heterocycles. The molecule has 120 valence electrons. The molecule has 23 heavy (non-hydrogen) atoms. The maximum Gasteiger partial charge on any atom is 0.308 e. The van der Waals surface area contributed by atoms with Crippen molar-refractivity contribution in [1.82, 2.24) is 4.98 Å². The summed E-state index contributed by atoms with van der Waals surface area (Å²) in [7, 11) is -3.69. The van der Waals surface area contributed by atoms with Gasteiger partial charge in [0.15, 0.2) is 11.3 Å². The molecule has 3 aromatic rings. The SMILES string of the molecule is CCS(=O)(=O)Oc1cc(Cl)ccc1-c1nc2c(C)cccc2o1. The van der Waals surface area contributed by atoms with E-state index in [0.717, 1.165) is 11.1 Å². The van der Waals surface area contributed by atoms with E-state index in [-0.39, 0.29) is 17.4 Å². The third-order valence-corrected chi connectivity index (χ3v) is 4.74. The van der Waals surface area contributed by atoms with Gasteiger partial charge in [-0.1, -0.05) is 23.7 Å². The molecule has 0 unspecified atom stereocenters. The molecule has 0 bridgehead atoms. The minimum absolute atomic E-state index is 0.101. The first kappa shape index (κ1) is 15.8. The molecule has 0 radical (unpaired) electrons. The fourth-order valence-electron chi connectivity index (χ4n) is 2.14. The molecule has 1 aromatic heterocycles. The number of hydrogen-bond donors (Lipinski definition) is 0. The van der Waals surface area contributed by atoms with Crippen LogP contribution in [0.15, 0.2) is 40.8 Å². The summed E-state index contributed by atoms with van der Waals surface area (Å²) < 4.78 is 34.4. The van der Waals surface area contributed by atoms with E-state index >= 15 is 0 Å². The molecule has 0 atom stereocenters. The monoisotopic (exact) mass is 351 g/mol. The van der Waals surface area contributed by atoms with Gasteiger partial charge in [-0.05, 0) is 37.6 Å². The second kappa shape index (κ2) is 5.86. The molecule has 0 aliphatic rings. The fourth-order valence-corrected chi connectivity index (χ4v) is 2.83. The zero-order chi connectivity index (χ0) is 16.6. The first-order chi connectivity index (χ1) is 10.9. The smallest absolute Gasteiger partial charge is 0.308 e. The molecular weight excluding hydrogens is 338 g/mol. The standard InChI is InChI=1S/C16H14ClNO4S/c1-3-23(19,20)22-14-9-11(17)7-8-12(14)16-18-15-10(2)5-4-6-13(15)21-16/h4-9H,3H2,1-2H3. The van der Waals surface area contributed by atoms with Crippen molar-refractivity contribution in [1.29, 1.82) is 0 Å². The molecule has 0 saturated heterocycles. The van der Waals surface area contributed by atoms with Gasteiger partial charge in [0, 0.05) is 11.1 Å². The van der Waals surface area contributed by atoms with Crippen LogP contribution in [0.25, 0.3) is 22.6 Å². The molecule has 2 aromatic carbocycles. The molecule has 5 nitrogen and oxygen atoms in total. The molecule has 0 spiro atoms. The highest BCUT2D eigenvalue weighted by Crippen LogP contribution is 2.35. The van der Waals surface area contributed by atoms with Crippen molar-refractivity contribution in [2.24, 2.45) is 0 Å². The number of oxazole rings is 1. The topological polar surface area (TPSA) is 69.4 Å². The minimum atomic E-state index is -3.69. The molecular formula is C16H14ClNO4S. The van der Waals surface area contributed by atoms with Crippen LogP contribution in [0.2, 0.25) is 5.02 Å². The Morgan fingerprint density at radius 3 is 2.74 bits per heavy atom. The highest BCUT2D eigenvalue weighted by Gasteiger charge is 2.19. The van der Waals surface area contributed by atoms with Crippen molar-refractivity contribution in [2.75, 3.05) is 5.75 Å². The number of aryl methyl sites for hydroxylation is 1. The Balaban J connectivity index is 2.16. The Labute approximate surface area is 139 Å². The van der Waals surface area contributed by atoms with Crippen molar-refractivity contribution < 1.29 is 17.0 Å². The van der Waals surface area contributed by atoms with Gasteiger partial charge in [-0.3, -0.25) is 0 Å². The molecule has 3 rings (SSSR count). The van der Waals surface area contributed by atoms with Crippen LogP contribution in [-0.2, 0) is 10.1 Å². The van der Waals surface area contributed by atoms with Crippen LogP contribution in [0.1, 0.15) is 12.5 Å². The number of para-hydroxylation sites is 1. The zero-order valence-corrected chi connectivity index (χ0v) is 14.1. The quantitative estimate of drug-likeness (QED) is 0.659. The van der Waals surface area contributed by atoms with E-state index < -0.39 is 10.1 Å². The Kier molecular flexibility index (Phi) is 4.04. The summed E-state index contributed by atoms with van der Waals surface area (Å²) in [5, 5.41) is 0.363. The Hall–Kier alpha value is -2.05. The predicted octanol–water partition coefficient (Wildman–Crippen LogP) is 4.19. The molecule has 0 aliphatic carbocycles. The average Bonchev–Trinajstić information content (AvgIpc) is 2.92. The predicted molar refractivity (Wildman–Crippen MR) is 89.3 cm³/mol. The van der Waals surface area contributed by atoms with Crippen LogP contribution in [0, 0.1) is 6.92 Å². The summed E-state index contributed by atoms with van der Waals surface area (Å²) in [5.74, 6) is 0.238. The van der Waals surface area contributed by atoms with Crippen LogP contribution in [0.3, 0.4) is 0 Å². The number of rotatable bonds is 4. The van der Waals surface area contributed by atoms with Crippen LogP contribution in [0.5, 0.6) is 5.75 Å². The number of aromatic nitrogens is 1. The van der Waals surface area contributed by atoms with Crippen LogP contribution in [0.4, 0.5) is 0 Å². The number of fused-ring (bicyclic) bond motifs is 1. The van der Waals surface area contributed by atoms with Crippen molar-refractivity contribution in [3.05, 3.63) is 47.0 Å². The van der Waals surface area contributed by atoms with Crippen molar-refractivity contribution in [3.8, 4) is 17.2 Å². The normalized spacial score (nSPS) is 11.8. The van der Waals surface area contributed by atoms with Crippen LogP contribution < -0.4 is 4.18 Å². The van der Waals surface area contributed by atoms with Gasteiger partial charge in [0.2, 0.25) is 5.89 Å². The van der Waals surface area contributed by atoms with Gasteiger partial charge in [0.05, 0.1) is 11.3 Å². The van der Waals surface area contributed by atoms with E-state index in [9.17, 15) is 8.42 Å². The summed E-state index contributed by atoms with van der Waals surface area (Å²) in [6.07, 6.45) is 0. The van der Waals surface area contributed by atoms with Gasteiger partial charge < -0.3 is 8.60 Å². The third kappa shape index (κ3) is 3.18. The lowest BCUT2D eigenvalue weighted by Crippen LogP contribution is -2.12. The zero-order valence-electron chi connectivity index (χ0n) is 12.5. The fraction of sp³-hybridized carbons (Fsp3) is 0.188. The van der Waals surface area contributed by atoms with Gasteiger partial charge in [-0.25, -0.2) is 4.98 Å². The van der Waals surface area contributed by atoms with E-state index in [1.54, 1.807) is 18.2 Å². The lowest BCUT2D eigenvalue weighted by atomic mass is 10.2. The van der Waals surface area contributed by atoms with Crippen LogP contribution in [-0.4, -0.2) is 19.2 Å². The molecule has 1 heterocycles. The van der Waals surface area contributed by atoms with E-state index in [1.165, 1.54) is 13.0 Å². The summed E-state index contributed by atoms with van der Waals surface area (Å²) >= 11 is 5.95. The third-order valence-electron chi connectivity index (χ3n) is 3.37. The minimum Gasteiger partial charge on any atom is -0.436 e. The molecule has 0 saturated carbocycles. The average molecular weight is 352 g/mol. The summed E-state index contributed by atoms with van der Waals surface area (Å²) in [6, 6.07) is 10.3. The van der Waals surface area contributed by atoms with E-state index in [2.05, 4.69) is 4.98 Å². The first-order valence-corrected chi connectivity index (χ1v) is 8.93. The van der Waals surface area contributed by atoms with Crippen molar-refractivity contribution in [2.45, 2.75) is 13.8 Å². The largest absolute Gasteiger partial charge is 0.436 e. The number of benzene rings is 2. The Morgan fingerprint density at radius 2 is 2.04 bits per heavy atom. The molecule has 0 fully saturated rings. The van der Waals surface area contributed by atoms with Gasteiger partial charge >= 0.3 is 10.1 Å². The number of hydrogen-bond acceptors (Lipinski definition) is 5. The second-order valence-corrected chi connectivity index (χ2v) is 7.31. The van der Waals surface area contributed by atoms with Gasteiger partial charge in [0.25, 0.3) is 0 Å². The lowest BCUT2D eigenvalue weighted by Gasteiger charge is -2.08. The number of nitrogens with zero attached hydrogens (tertiary/aromatic N) is 1. The van der Waals surface area contributed by atoms with Gasteiger partial charge in [-0.2, -0.15) is 8.42 Å². The molecule has 7 heteroatoms. The maximum absolute atomic E-state index is 11.8. The highest BCUT2D eigenvalue weighted by atomic mass is 35.5. The van der Waals surface area contributed by atoms with Crippen LogP contribution >= 0.6 is 11.6 Å². The van der Waals surface area contributed by atoms with Gasteiger partial charge in [-0.15, -0.1) is 0 Å². The molecule has 0 N–H and O–H groups in total. The Bertz CT molecular complexity index is 979. The van der Waals surface area contributed by atoms with E-state index in [4.69, 9.17) is 20.2 Å². The van der Waals surface area contributed by atoms with Gasteiger partial charge in [0.1, 0.15) is 5.52 Å². The van der Waals surface area contributed by atoms with Crippen molar-refractivity contribution >= 4 is 32.8 Å². The van der Waals surface area contributed by atoms with E-state index in [1.807, 2.05) is 19.1 Å². The first-order valence-electron chi connectivity index (χ1n) is 6.98. The molecule has 0 amide bonds. The second-order valence-electron chi connectivity index (χ2n) is 5.01. The number of halogens is 1. The Morgan fingerprint density at radius 1 is 1.26 bits per heavy atom. The van der Waals surface area contributed by atoms with Crippen molar-refractivity contribution in [3.63, 3.8) is 0 Å². The highest BCUT2D eigenvalue weighted by molar-refractivity contribution is 7.87.